The van der Waals surface area contributed by atoms with E-state index in [2.05, 4.69) is 50.2 Å². The van der Waals surface area contributed by atoms with Crippen LogP contribution in [0.5, 0.6) is 0 Å². The van der Waals surface area contributed by atoms with Gasteiger partial charge >= 0.3 is 0 Å². The molecule has 0 bridgehead atoms. The Balaban J connectivity index is 0.00000352. The topological polar surface area (TPSA) is 203 Å². The smallest absolute Gasteiger partial charge is 0.252 e. The summed E-state index contributed by atoms with van der Waals surface area (Å²) >= 11 is 0. The number of para-hydroxylation sites is 1. The van der Waals surface area contributed by atoms with Crippen LogP contribution in [0.25, 0.3) is 0 Å². The summed E-state index contributed by atoms with van der Waals surface area (Å²) in [6, 6.07) is 18.1. The van der Waals surface area contributed by atoms with Crippen molar-refractivity contribution in [3.8, 4) is 0 Å². The lowest BCUT2D eigenvalue weighted by Gasteiger charge is -2.43. The van der Waals surface area contributed by atoms with Gasteiger partial charge in [-0.05, 0) is 130 Å². The highest BCUT2D eigenvalue weighted by Crippen LogP contribution is 2.43. The molecule has 0 aromatic heterocycles. The number of halogens is 6. The van der Waals surface area contributed by atoms with Gasteiger partial charge in [0.25, 0.3) is 5.91 Å². The van der Waals surface area contributed by atoms with Gasteiger partial charge in [-0.2, -0.15) is 0 Å². The molecule has 0 aliphatic carbocycles. The highest BCUT2D eigenvalue weighted by atomic mass is 35.5. The molecule has 0 spiro atoms. The summed E-state index contributed by atoms with van der Waals surface area (Å²) in [6.45, 7) is 12.6. The van der Waals surface area contributed by atoms with Gasteiger partial charge in [0, 0.05) is 94.1 Å². The van der Waals surface area contributed by atoms with Gasteiger partial charge in [0.2, 0.25) is 23.6 Å². The van der Waals surface area contributed by atoms with Crippen LogP contribution in [0.1, 0.15) is 74.4 Å². The second-order valence-electron chi connectivity index (χ2n) is 22.0. The summed E-state index contributed by atoms with van der Waals surface area (Å²) < 4.78 is 55.3. The number of nitrogens with one attached hydrogen (secondary N) is 5. The summed E-state index contributed by atoms with van der Waals surface area (Å²) in [5.74, 6) is -5.78. The molecular formula is C58H76Cl3F3N10O7. The molecule has 7 N–H and O–H groups in total. The zero-order valence-corrected chi connectivity index (χ0v) is 48.8. The number of amides is 5. The number of rotatable bonds is 17. The molecule has 2 unspecified atom stereocenters. The van der Waals surface area contributed by atoms with E-state index in [-0.39, 0.29) is 104 Å². The first kappa shape index (κ1) is 64.8. The molecule has 81 heavy (non-hydrogen) atoms. The molecular weight excluding hydrogens is 1110 g/mol. The van der Waals surface area contributed by atoms with Gasteiger partial charge in [-0.3, -0.25) is 33.8 Å². The first-order valence-electron chi connectivity index (χ1n) is 27.2. The van der Waals surface area contributed by atoms with E-state index in [1.54, 1.807) is 49.2 Å². The molecule has 4 aromatic carbocycles. The molecule has 5 aliphatic rings. The number of hydrogen-bond acceptors (Lipinski definition) is 12. The van der Waals surface area contributed by atoms with E-state index in [0.717, 1.165) is 36.3 Å². The number of likely N-dealkylation sites (N-methyl/N-ethyl adjacent to an activating group) is 1. The Hall–Kier alpha value is -5.39. The van der Waals surface area contributed by atoms with E-state index in [0.29, 0.717) is 81.2 Å². The van der Waals surface area contributed by atoms with Crippen LogP contribution in [0.15, 0.2) is 78.9 Å². The average molecular weight is 1190 g/mol. The highest BCUT2D eigenvalue weighted by Gasteiger charge is 2.49. The number of ether oxygens (including phenoxy) is 2. The van der Waals surface area contributed by atoms with Crippen molar-refractivity contribution in [1.82, 2.24) is 30.7 Å². The summed E-state index contributed by atoms with van der Waals surface area (Å²) in [6.07, 6.45) is 1.60. The lowest BCUT2D eigenvalue weighted by Crippen LogP contribution is -2.62. The maximum atomic E-state index is 15.0. The SMILES string of the molecule is CN[C@@H](C)C(N)[C@@H](C(=O)N1Cc2ccc(NC(=O)CNC(=O)C3(C)CN(C(=O)CN4C[C@@H](C)NC[C@@H]4CN4CCOC[C@H]4C)c4cc(Cc5ccc(F)cc5)ccc43)cc2[C@H]1C(=O)Nc1c(F)cccc1F)C1CCOCC1.Cl.Cl.Cl. The first-order chi connectivity index (χ1) is 37.4. The minimum atomic E-state index is -1.37. The Bertz CT molecular complexity index is 2850. The fourth-order valence-corrected chi connectivity index (χ4v) is 11.9. The normalized spacial score (nSPS) is 23.1. The van der Waals surface area contributed by atoms with Crippen LogP contribution in [0.4, 0.5) is 30.2 Å². The number of hydrogen-bond donors (Lipinski definition) is 6. The average Bonchev–Trinajstić information content (AvgIpc) is 4.18. The minimum Gasteiger partial charge on any atom is -0.381 e. The molecule has 0 saturated carbocycles. The highest BCUT2D eigenvalue weighted by molar-refractivity contribution is 6.04. The molecule has 5 aliphatic heterocycles. The molecule has 17 nitrogen and oxygen atoms in total. The summed E-state index contributed by atoms with van der Waals surface area (Å²) in [4.78, 5) is 80.3. The molecule has 23 heteroatoms. The zero-order valence-electron chi connectivity index (χ0n) is 46.3. The van der Waals surface area contributed by atoms with Crippen molar-refractivity contribution >= 4 is 83.8 Å². The number of nitrogens with two attached hydrogens (primary N) is 1. The number of fused-ring (bicyclic) bond motifs is 2. The van der Waals surface area contributed by atoms with Crippen molar-refractivity contribution < 1.29 is 46.6 Å². The van der Waals surface area contributed by atoms with Crippen molar-refractivity contribution in [3.63, 3.8) is 0 Å². The fourth-order valence-electron chi connectivity index (χ4n) is 11.9. The van der Waals surface area contributed by atoms with Gasteiger partial charge in [-0.15, -0.1) is 37.2 Å². The molecule has 3 fully saturated rings. The molecule has 8 atom stereocenters. The molecule has 9 rings (SSSR count). The van der Waals surface area contributed by atoms with Crippen molar-refractivity contribution in [2.75, 3.05) is 94.8 Å². The molecule has 3 saturated heterocycles. The van der Waals surface area contributed by atoms with Gasteiger partial charge in [0.15, 0.2) is 0 Å². The van der Waals surface area contributed by atoms with Crippen LogP contribution >= 0.6 is 37.2 Å². The van der Waals surface area contributed by atoms with E-state index in [1.807, 2.05) is 25.1 Å². The van der Waals surface area contributed by atoms with Gasteiger partial charge in [0.1, 0.15) is 29.2 Å². The number of carbonyl (C=O) groups is 5. The number of carbonyl (C=O) groups excluding carboxylic acids is 5. The van der Waals surface area contributed by atoms with E-state index in [1.165, 1.54) is 23.1 Å². The van der Waals surface area contributed by atoms with Gasteiger partial charge in [-0.25, -0.2) is 13.2 Å². The molecule has 442 valence electrons. The predicted molar refractivity (Wildman–Crippen MR) is 312 cm³/mol. The Morgan fingerprint density at radius 2 is 1.57 bits per heavy atom. The maximum absolute atomic E-state index is 15.0. The van der Waals surface area contributed by atoms with Crippen LogP contribution in [0.3, 0.4) is 0 Å². The van der Waals surface area contributed by atoms with Crippen LogP contribution in [0.2, 0.25) is 0 Å². The Kier molecular flexibility index (Phi) is 22.6. The second kappa shape index (κ2) is 28.3. The molecule has 0 radical (unpaired) electrons. The van der Waals surface area contributed by atoms with Gasteiger partial charge < -0.3 is 51.6 Å². The van der Waals surface area contributed by atoms with Crippen molar-refractivity contribution in [1.29, 1.82) is 0 Å². The molecule has 5 heterocycles. The number of benzene rings is 4. The lowest BCUT2D eigenvalue weighted by atomic mass is 9.78. The Morgan fingerprint density at radius 3 is 2.26 bits per heavy atom. The quantitative estimate of drug-likeness (QED) is 0.0755. The van der Waals surface area contributed by atoms with Crippen molar-refractivity contribution in [2.24, 2.45) is 17.6 Å². The van der Waals surface area contributed by atoms with E-state index in [4.69, 9.17) is 15.2 Å². The largest absolute Gasteiger partial charge is 0.381 e. The standard InChI is InChI=1S/C58H73F3N10O7.3ClH/c1-34-28-69(43(26-64-34)30-68-19-22-78-32-35(68)2)31-50(73)71-33-58(4,45-16-11-38(24-48(45)71)23-37-9-13-41(59)14-10-37)57(76)65-27-49(72)66-42-15-12-40-29-70(56(75)51(52(62)36(3)63-5)39-17-20-77-21-18-39)54(44(40)25-42)55(74)67-53-46(60)7-6-8-47(53)61;;;/h6-16,24-25,34-36,39,43,51-52,54,63-64H,17-23,26-33,62H2,1-5H3,(H,65,76)(H,66,72)(H,67,74);3*1H/t34-,35-,36+,43-,51+,52?,54+,58?;;;/m1.../s1. The monoisotopic (exact) mass is 1190 g/mol. The fraction of sp³-hybridized carbons (Fsp3) is 0.500. The zero-order chi connectivity index (χ0) is 55.4. The lowest BCUT2D eigenvalue weighted by molar-refractivity contribution is -0.146. The van der Waals surface area contributed by atoms with Gasteiger partial charge in [-0.1, -0.05) is 36.4 Å². The van der Waals surface area contributed by atoms with E-state index >= 15 is 8.78 Å². The van der Waals surface area contributed by atoms with Crippen molar-refractivity contribution in [2.45, 2.75) is 95.2 Å². The summed E-state index contributed by atoms with van der Waals surface area (Å²) in [7, 11) is 1.75. The second-order valence-corrected chi connectivity index (χ2v) is 22.0. The third-order valence-corrected chi connectivity index (χ3v) is 16.6. The number of piperazine rings is 1. The Morgan fingerprint density at radius 1 is 0.864 bits per heavy atom. The number of morpholine rings is 1. The van der Waals surface area contributed by atoms with E-state index in [9.17, 15) is 28.4 Å². The van der Waals surface area contributed by atoms with Crippen LogP contribution in [0, 0.1) is 29.3 Å². The minimum absolute atomic E-state index is 0. The number of anilines is 3. The summed E-state index contributed by atoms with van der Waals surface area (Å²) in [5.41, 5.74) is 8.96. The van der Waals surface area contributed by atoms with E-state index < -0.39 is 70.9 Å². The Labute approximate surface area is 490 Å². The van der Waals surface area contributed by atoms with Crippen LogP contribution < -0.4 is 37.2 Å². The third-order valence-electron chi connectivity index (χ3n) is 16.6. The molecule has 4 aromatic rings. The summed E-state index contributed by atoms with van der Waals surface area (Å²) in [5, 5.41) is 14.8. The van der Waals surface area contributed by atoms with Gasteiger partial charge in [0.05, 0.1) is 37.6 Å². The maximum Gasteiger partial charge on any atom is 0.252 e. The van der Waals surface area contributed by atoms with Crippen LogP contribution in [-0.4, -0.2) is 154 Å². The first-order valence-corrected chi connectivity index (χ1v) is 27.2. The third kappa shape index (κ3) is 14.5. The number of nitrogens with zero attached hydrogens (tertiary/aromatic N) is 4. The van der Waals surface area contributed by atoms with Crippen LogP contribution in [-0.2, 0) is 51.8 Å². The van der Waals surface area contributed by atoms with Crippen molar-refractivity contribution in [3.05, 3.63) is 124 Å². The predicted octanol–water partition coefficient (Wildman–Crippen LogP) is 5.70. The molecule has 5 amide bonds.